The van der Waals surface area contributed by atoms with Gasteiger partial charge in [-0.15, -0.1) is 0 Å². The number of benzene rings is 1. The van der Waals surface area contributed by atoms with Crippen molar-refractivity contribution in [2.24, 2.45) is 0 Å². The van der Waals surface area contributed by atoms with Crippen LogP contribution in [0.1, 0.15) is 18.3 Å². The molecule has 0 unspecified atom stereocenters. The quantitative estimate of drug-likeness (QED) is 0.875. The summed E-state index contributed by atoms with van der Waals surface area (Å²) in [6.07, 6.45) is 0. The van der Waals surface area contributed by atoms with E-state index in [1.807, 2.05) is 25.1 Å². The third-order valence-corrected chi connectivity index (χ3v) is 2.62. The Bertz CT molecular complexity index is 521. The number of anilines is 1. The summed E-state index contributed by atoms with van der Waals surface area (Å²) >= 11 is 0. The normalized spacial score (nSPS) is 10.3. The largest absolute Gasteiger partial charge is 0.370 e. The maximum atomic E-state index is 4.50. The summed E-state index contributed by atoms with van der Waals surface area (Å²) in [7, 11) is 0. The van der Waals surface area contributed by atoms with Gasteiger partial charge in [0.05, 0.1) is 5.69 Å². The van der Waals surface area contributed by atoms with Gasteiger partial charge in [0.1, 0.15) is 11.6 Å². The number of nitrogens with one attached hydrogen (secondary N) is 1. The van der Waals surface area contributed by atoms with Gasteiger partial charge in [0.15, 0.2) is 0 Å². The summed E-state index contributed by atoms with van der Waals surface area (Å²) < 4.78 is 0. The highest BCUT2D eigenvalue weighted by Crippen LogP contribution is 2.22. The minimum absolute atomic E-state index is 0.793. The molecule has 0 bridgehead atoms. The zero-order valence-corrected chi connectivity index (χ0v) is 10.5. The van der Waals surface area contributed by atoms with Gasteiger partial charge in [0.2, 0.25) is 0 Å². The van der Waals surface area contributed by atoms with Gasteiger partial charge in [-0.25, -0.2) is 9.97 Å². The predicted octanol–water partition coefficient (Wildman–Crippen LogP) is 3.19. The van der Waals surface area contributed by atoms with Crippen molar-refractivity contribution < 1.29 is 0 Å². The predicted molar refractivity (Wildman–Crippen MR) is 71.1 cm³/mol. The molecule has 17 heavy (non-hydrogen) atoms. The van der Waals surface area contributed by atoms with E-state index in [4.69, 9.17) is 0 Å². The van der Waals surface area contributed by atoms with Crippen LogP contribution in [-0.4, -0.2) is 16.5 Å². The van der Waals surface area contributed by atoms with Crippen LogP contribution in [0.3, 0.4) is 0 Å². The van der Waals surface area contributed by atoms with Crippen molar-refractivity contribution in [1.29, 1.82) is 0 Å². The first kappa shape index (κ1) is 11.6. The zero-order valence-electron chi connectivity index (χ0n) is 10.5. The first-order valence-corrected chi connectivity index (χ1v) is 5.86. The molecular weight excluding hydrogens is 210 g/mol. The minimum Gasteiger partial charge on any atom is -0.370 e. The SMILES string of the molecule is CCNc1cc(-c2ccccc2C)nc(C)n1. The van der Waals surface area contributed by atoms with Crippen molar-refractivity contribution in [2.75, 3.05) is 11.9 Å². The van der Waals surface area contributed by atoms with E-state index in [2.05, 4.69) is 41.3 Å². The molecule has 0 fully saturated rings. The second-order valence-electron chi connectivity index (χ2n) is 4.03. The molecule has 0 atom stereocenters. The van der Waals surface area contributed by atoms with Crippen molar-refractivity contribution in [3.8, 4) is 11.3 Å². The van der Waals surface area contributed by atoms with Gasteiger partial charge in [-0.05, 0) is 26.3 Å². The van der Waals surface area contributed by atoms with Crippen molar-refractivity contribution in [2.45, 2.75) is 20.8 Å². The molecule has 0 aliphatic rings. The van der Waals surface area contributed by atoms with E-state index in [9.17, 15) is 0 Å². The number of aryl methyl sites for hydroxylation is 2. The third-order valence-electron chi connectivity index (χ3n) is 2.62. The van der Waals surface area contributed by atoms with E-state index in [0.29, 0.717) is 0 Å². The van der Waals surface area contributed by atoms with Crippen LogP contribution < -0.4 is 5.32 Å². The molecule has 0 aliphatic carbocycles. The van der Waals surface area contributed by atoms with Crippen LogP contribution in [0, 0.1) is 13.8 Å². The van der Waals surface area contributed by atoms with Crippen LogP contribution in [-0.2, 0) is 0 Å². The first-order valence-electron chi connectivity index (χ1n) is 5.86. The van der Waals surface area contributed by atoms with E-state index in [1.54, 1.807) is 0 Å². The first-order chi connectivity index (χ1) is 8.20. The fourth-order valence-corrected chi connectivity index (χ4v) is 1.84. The summed E-state index contributed by atoms with van der Waals surface area (Å²) in [6.45, 7) is 6.94. The van der Waals surface area contributed by atoms with Crippen molar-refractivity contribution in [3.63, 3.8) is 0 Å². The highest BCUT2D eigenvalue weighted by molar-refractivity contribution is 5.65. The molecule has 0 saturated carbocycles. The Kier molecular flexibility index (Phi) is 3.38. The fourth-order valence-electron chi connectivity index (χ4n) is 1.84. The van der Waals surface area contributed by atoms with Crippen LogP contribution in [0.2, 0.25) is 0 Å². The fraction of sp³-hybridized carbons (Fsp3) is 0.286. The Hall–Kier alpha value is -1.90. The molecule has 2 aromatic rings. The van der Waals surface area contributed by atoms with Gasteiger partial charge in [0.25, 0.3) is 0 Å². The third kappa shape index (κ3) is 2.61. The average Bonchev–Trinajstić information content (AvgIpc) is 2.29. The van der Waals surface area contributed by atoms with Crippen LogP contribution in [0.5, 0.6) is 0 Å². The summed E-state index contributed by atoms with van der Waals surface area (Å²) in [5.74, 6) is 1.68. The van der Waals surface area contributed by atoms with Crippen LogP contribution in [0.15, 0.2) is 30.3 Å². The van der Waals surface area contributed by atoms with E-state index in [-0.39, 0.29) is 0 Å². The van der Waals surface area contributed by atoms with E-state index < -0.39 is 0 Å². The number of rotatable bonds is 3. The molecule has 0 spiro atoms. The Morgan fingerprint density at radius 2 is 1.88 bits per heavy atom. The van der Waals surface area contributed by atoms with E-state index in [0.717, 1.165) is 29.4 Å². The molecule has 2 rings (SSSR count). The molecule has 1 aromatic carbocycles. The Labute approximate surface area is 102 Å². The zero-order chi connectivity index (χ0) is 12.3. The molecule has 1 heterocycles. The number of hydrogen-bond acceptors (Lipinski definition) is 3. The molecule has 3 heteroatoms. The second-order valence-corrected chi connectivity index (χ2v) is 4.03. The number of hydrogen-bond donors (Lipinski definition) is 1. The maximum absolute atomic E-state index is 4.50. The molecule has 0 aliphatic heterocycles. The smallest absolute Gasteiger partial charge is 0.130 e. The number of nitrogens with zero attached hydrogens (tertiary/aromatic N) is 2. The molecule has 0 radical (unpaired) electrons. The monoisotopic (exact) mass is 227 g/mol. The summed E-state index contributed by atoms with van der Waals surface area (Å²) in [4.78, 5) is 8.85. The Morgan fingerprint density at radius 1 is 1.12 bits per heavy atom. The van der Waals surface area contributed by atoms with E-state index >= 15 is 0 Å². The van der Waals surface area contributed by atoms with Crippen LogP contribution in [0.4, 0.5) is 5.82 Å². The molecule has 1 aromatic heterocycles. The van der Waals surface area contributed by atoms with Crippen LogP contribution in [0.25, 0.3) is 11.3 Å². The summed E-state index contributed by atoms with van der Waals surface area (Å²) in [6, 6.07) is 10.3. The highest BCUT2D eigenvalue weighted by Gasteiger charge is 2.05. The average molecular weight is 227 g/mol. The van der Waals surface area contributed by atoms with Gasteiger partial charge in [-0.3, -0.25) is 0 Å². The van der Waals surface area contributed by atoms with Gasteiger partial charge < -0.3 is 5.32 Å². The van der Waals surface area contributed by atoms with Crippen molar-refractivity contribution >= 4 is 5.82 Å². The molecule has 0 saturated heterocycles. The second kappa shape index (κ2) is 4.95. The Morgan fingerprint density at radius 3 is 2.59 bits per heavy atom. The lowest BCUT2D eigenvalue weighted by Gasteiger charge is -2.08. The summed E-state index contributed by atoms with van der Waals surface area (Å²) in [5, 5.41) is 3.23. The lowest BCUT2D eigenvalue weighted by molar-refractivity contribution is 1.04. The minimum atomic E-state index is 0.793. The number of aromatic nitrogens is 2. The highest BCUT2D eigenvalue weighted by atomic mass is 15.0. The van der Waals surface area contributed by atoms with Gasteiger partial charge in [0, 0.05) is 18.2 Å². The topological polar surface area (TPSA) is 37.8 Å². The maximum Gasteiger partial charge on any atom is 0.130 e. The lowest BCUT2D eigenvalue weighted by atomic mass is 10.1. The molecule has 0 amide bonds. The van der Waals surface area contributed by atoms with Crippen molar-refractivity contribution in [1.82, 2.24) is 9.97 Å². The standard InChI is InChI=1S/C14H17N3/c1-4-15-14-9-13(16-11(3)17-14)12-8-6-5-7-10(12)2/h5-9H,4H2,1-3H3,(H,15,16,17). The van der Waals surface area contributed by atoms with Crippen LogP contribution >= 0.6 is 0 Å². The lowest BCUT2D eigenvalue weighted by Crippen LogP contribution is -2.02. The van der Waals surface area contributed by atoms with Crippen molar-refractivity contribution in [3.05, 3.63) is 41.7 Å². The van der Waals surface area contributed by atoms with Gasteiger partial charge in [-0.1, -0.05) is 24.3 Å². The molecular formula is C14H17N3. The van der Waals surface area contributed by atoms with Gasteiger partial charge in [-0.2, -0.15) is 0 Å². The Balaban J connectivity index is 2.48. The van der Waals surface area contributed by atoms with E-state index in [1.165, 1.54) is 5.56 Å². The van der Waals surface area contributed by atoms with Gasteiger partial charge >= 0.3 is 0 Å². The molecule has 88 valence electrons. The molecule has 3 nitrogen and oxygen atoms in total. The summed E-state index contributed by atoms with van der Waals surface area (Å²) in [5.41, 5.74) is 3.37. The molecule has 1 N–H and O–H groups in total.